The maximum absolute atomic E-state index is 11.9. The van der Waals surface area contributed by atoms with Crippen molar-refractivity contribution in [3.63, 3.8) is 0 Å². The molecule has 1 saturated heterocycles. The third-order valence-corrected chi connectivity index (χ3v) is 3.80. The van der Waals surface area contributed by atoms with Crippen LogP contribution in [0.5, 0.6) is 5.75 Å². The van der Waals surface area contributed by atoms with E-state index in [9.17, 15) is 9.59 Å². The first-order valence-corrected chi connectivity index (χ1v) is 7.72. The zero-order valence-electron chi connectivity index (χ0n) is 12.8. The van der Waals surface area contributed by atoms with Crippen LogP contribution in [0.4, 0.5) is 0 Å². The topological polar surface area (TPSA) is 55.8 Å². The van der Waals surface area contributed by atoms with Gasteiger partial charge in [0.25, 0.3) is 5.91 Å². The van der Waals surface area contributed by atoms with Crippen LogP contribution in [-0.2, 0) is 14.3 Å². The molecule has 6 heteroatoms. The van der Waals surface area contributed by atoms with Gasteiger partial charge in [0.05, 0.1) is 0 Å². The summed E-state index contributed by atoms with van der Waals surface area (Å²) in [5.74, 6) is -0.137. The highest BCUT2D eigenvalue weighted by molar-refractivity contribution is 6.30. The molecule has 1 aliphatic rings. The average molecular weight is 326 g/mol. The van der Waals surface area contributed by atoms with E-state index < -0.39 is 12.1 Å². The van der Waals surface area contributed by atoms with Crippen LogP contribution in [0.3, 0.4) is 0 Å². The number of carbonyl (C=O) groups is 2. The first kappa shape index (κ1) is 16.6. The summed E-state index contributed by atoms with van der Waals surface area (Å²) in [5.41, 5.74) is 0.834. The van der Waals surface area contributed by atoms with Crippen molar-refractivity contribution in [2.75, 3.05) is 19.7 Å². The van der Waals surface area contributed by atoms with E-state index in [0.29, 0.717) is 10.8 Å². The van der Waals surface area contributed by atoms with E-state index in [4.69, 9.17) is 21.1 Å². The second-order valence-electron chi connectivity index (χ2n) is 5.37. The lowest BCUT2D eigenvalue weighted by Gasteiger charge is -2.18. The van der Waals surface area contributed by atoms with E-state index in [1.807, 2.05) is 6.92 Å². The van der Waals surface area contributed by atoms with Crippen LogP contribution in [0.1, 0.15) is 25.3 Å². The summed E-state index contributed by atoms with van der Waals surface area (Å²) in [5, 5.41) is 0.608. The average Bonchev–Trinajstić information content (AvgIpc) is 3.01. The van der Waals surface area contributed by atoms with Crippen LogP contribution in [0.2, 0.25) is 5.02 Å². The standard InChI is InChI=1S/C16H20ClNO4/c1-11-9-13(17)5-6-14(11)22-12(2)16(20)21-10-15(19)18-7-3-4-8-18/h5-6,9,12H,3-4,7-8,10H2,1-2H3. The van der Waals surface area contributed by atoms with Gasteiger partial charge in [-0.25, -0.2) is 4.79 Å². The number of hydrogen-bond acceptors (Lipinski definition) is 4. The molecule has 120 valence electrons. The van der Waals surface area contributed by atoms with Crippen molar-refractivity contribution in [1.82, 2.24) is 4.90 Å². The fraction of sp³-hybridized carbons (Fsp3) is 0.500. The quantitative estimate of drug-likeness (QED) is 0.781. The lowest BCUT2D eigenvalue weighted by atomic mass is 10.2. The number of carbonyl (C=O) groups excluding carboxylic acids is 2. The van der Waals surface area contributed by atoms with Gasteiger partial charge >= 0.3 is 5.97 Å². The Morgan fingerprint density at radius 1 is 1.32 bits per heavy atom. The fourth-order valence-electron chi connectivity index (χ4n) is 2.29. The minimum atomic E-state index is -0.786. The highest BCUT2D eigenvalue weighted by atomic mass is 35.5. The smallest absolute Gasteiger partial charge is 0.347 e. The Kier molecular flexibility index (Phi) is 5.66. The number of esters is 1. The molecule has 0 saturated carbocycles. The van der Waals surface area contributed by atoms with Crippen LogP contribution in [-0.4, -0.2) is 42.6 Å². The molecule has 5 nitrogen and oxygen atoms in total. The van der Waals surface area contributed by atoms with Gasteiger partial charge in [-0.05, 0) is 50.5 Å². The van der Waals surface area contributed by atoms with Gasteiger partial charge in [-0.1, -0.05) is 11.6 Å². The Hall–Kier alpha value is -1.75. The van der Waals surface area contributed by atoms with Crippen molar-refractivity contribution in [1.29, 1.82) is 0 Å². The molecule has 1 aliphatic heterocycles. The summed E-state index contributed by atoms with van der Waals surface area (Å²) < 4.78 is 10.6. The molecule has 22 heavy (non-hydrogen) atoms. The minimum Gasteiger partial charge on any atom is -0.479 e. The normalized spacial score (nSPS) is 15.5. The summed E-state index contributed by atoms with van der Waals surface area (Å²) in [4.78, 5) is 25.4. The third kappa shape index (κ3) is 4.37. The van der Waals surface area contributed by atoms with Crippen molar-refractivity contribution >= 4 is 23.5 Å². The summed E-state index contributed by atoms with van der Waals surface area (Å²) >= 11 is 5.87. The number of halogens is 1. The molecule has 0 bridgehead atoms. The Labute approximate surface area is 135 Å². The van der Waals surface area contributed by atoms with Crippen LogP contribution in [0.15, 0.2) is 18.2 Å². The SMILES string of the molecule is Cc1cc(Cl)ccc1OC(C)C(=O)OCC(=O)N1CCCC1. The molecule has 1 heterocycles. The van der Waals surface area contributed by atoms with Crippen molar-refractivity contribution in [2.24, 2.45) is 0 Å². The summed E-state index contributed by atoms with van der Waals surface area (Å²) in [7, 11) is 0. The van der Waals surface area contributed by atoms with Crippen LogP contribution < -0.4 is 4.74 Å². The molecule has 2 rings (SSSR count). The molecule has 0 aliphatic carbocycles. The Balaban J connectivity index is 1.82. The Morgan fingerprint density at radius 3 is 2.64 bits per heavy atom. The Morgan fingerprint density at radius 2 is 2.00 bits per heavy atom. The molecule has 1 atom stereocenters. The van der Waals surface area contributed by atoms with Gasteiger partial charge in [0.1, 0.15) is 5.75 Å². The fourth-order valence-corrected chi connectivity index (χ4v) is 2.52. The highest BCUT2D eigenvalue weighted by Crippen LogP contribution is 2.23. The number of nitrogens with zero attached hydrogens (tertiary/aromatic N) is 1. The van der Waals surface area contributed by atoms with Gasteiger partial charge in [0.15, 0.2) is 12.7 Å². The van der Waals surface area contributed by atoms with Gasteiger partial charge in [-0.15, -0.1) is 0 Å². The lowest BCUT2D eigenvalue weighted by molar-refractivity contribution is -0.157. The zero-order valence-corrected chi connectivity index (χ0v) is 13.6. The maximum atomic E-state index is 11.9. The summed E-state index contributed by atoms with van der Waals surface area (Å²) in [6.45, 7) is 4.69. The molecule has 1 unspecified atom stereocenters. The molecule has 1 aromatic carbocycles. The monoisotopic (exact) mass is 325 g/mol. The molecule has 0 N–H and O–H groups in total. The largest absolute Gasteiger partial charge is 0.479 e. The zero-order chi connectivity index (χ0) is 16.1. The molecule has 0 radical (unpaired) electrons. The number of likely N-dealkylation sites (tertiary alicyclic amines) is 1. The second kappa shape index (κ2) is 7.49. The third-order valence-electron chi connectivity index (χ3n) is 3.57. The van der Waals surface area contributed by atoms with Crippen LogP contribution in [0, 0.1) is 6.92 Å². The Bertz CT molecular complexity index is 555. The predicted molar refractivity (Wildman–Crippen MR) is 83.1 cm³/mol. The number of rotatable bonds is 5. The number of hydrogen-bond donors (Lipinski definition) is 0. The van der Waals surface area contributed by atoms with Gasteiger partial charge in [0, 0.05) is 18.1 Å². The molecule has 0 spiro atoms. The van der Waals surface area contributed by atoms with E-state index in [0.717, 1.165) is 31.5 Å². The highest BCUT2D eigenvalue weighted by Gasteiger charge is 2.22. The van der Waals surface area contributed by atoms with E-state index >= 15 is 0 Å². The minimum absolute atomic E-state index is 0.152. The first-order chi connectivity index (χ1) is 10.5. The number of aryl methyl sites for hydroxylation is 1. The summed E-state index contributed by atoms with van der Waals surface area (Å²) in [6, 6.07) is 5.15. The van der Waals surface area contributed by atoms with E-state index in [1.54, 1.807) is 30.0 Å². The van der Waals surface area contributed by atoms with Crippen molar-refractivity contribution in [2.45, 2.75) is 32.8 Å². The van der Waals surface area contributed by atoms with E-state index in [-0.39, 0.29) is 12.5 Å². The maximum Gasteiger partial charge on any atom is 0.347 e. The summed E-state index contributed by atoms with van der Waals surface area (Å²) in [6.07, 6.45) is 1.23. The van der Waals surface area contributed by atoms with Gasteiger partial charge in [-0.2, -0.15) is 0 Å². The van der Waals surface area contributed by atoms with E-state index in [2.05, 4.69) is 0 Å². The van der Waals surface area contributed by atoms with Gasteiger partial charge in [0.2, 0.25) is 0 Å². The molecule has 0 aromatic heterocycles. The predicted octanol–water partition coefficient (Wildman–Crippen LogP) is 2.58. The number of ether oxygens (including phenoxy) is 2. The van der Waals surface area contributed by atoms with Crippen LogP contribution in [0.25, 0.3) is 0 Å². The molecule has 1 amide bonds. The van der Waals surface area contributed by atoms with E-state index in [1.165, 1.54) is 0 Å². The molecule has 1 fully saturated rings. The van der Waals surface area contributed by atoms with Crippen molar-refractivity contribution < 1.29 is 19.1 Å². The van der Waals surface area contributed by atoms with Gasteiger partial charge < -0.3 is 14.4 Å². The number of amides is 1. The van der Waals surface area contributed by atoms with Crippen LogP contribution >= 0.6 is 11.6 Å². The molecular weight excluding hydrogens is 306 g/mol. The molecule has 1 aromatic rings. The second-order valence-corrected chi connectivity index (χ2v) is 5.80. The number of benzene rings is 1. The van der Waals surface area contributed by atoms with Crippen molar-refractivity contribution in [3.8, 4) is 5.75 Å². The molecular formula is C16H20ClNO4. The lowest BCUT2D eigenvalue weighted by Crippen LogP contribution is -2.34. The first-order valence-electron chi connectivity index (χ1n) is 7.34. The van der Waals surface area contributed by atoms with Gasteiger partial charge in [-0.3, -0.25) is 4.79 Å². The van der Waals surface area contributed by atoms with Crippen molar-refractivity contribution in [3.05, 3.63) is 28.8 Å².